The van der Waals surface area contributed by atoms with Crippen LogP contribution in [0.4, 0.5) is 14.9 Å². The van der Waals surface area contributed by atoms with Crippen LogP contribution < -0.4 is 5.32 Å². The van der Waals surface area contributed by atoms with Crippen molar-refractivity contribution in [3.63, 3.8) is 0 Å². The van der Waals surface area contributed by atoms with E-state index < -0.39 is 0 Å². The molecule has 132 valence electrons. The van der Waals surface area contributed by atoms with E-state index in [1.54, 1.807) is 35.0 Å². The smallest absolute Gasteiger partial charge is 0.322 e. The molecule has 0 bridgehead atoms. The van der Waals surface area contributed by atoms with Gasteiger partial charge in [-0.25, -0.2) is 14.2 Å². The van der Waals surface area contributed by atoms with E-state index in [0.717, 1.165) is 16.3 Å². The Kier molecular flexibility index (Phi) is 5.88. The lowest BCUT2D eigenvalue weighted by molar-refractivity contribution is -0.0135. The lowest BCUT2D eigenvalue weighted by Crippen LogP contribution is -2.44. The maximum absolute atomic E-state index is 13.1. The SMILES string of the molecule is CCSc1ccc(NC(=O)N2CCOC(c3ccc(F)cc3)C2)cn1. The Labute approximate surface area is 150 Å². The first-order valence-electron chi connectivity index (χ1n) is 8.17. The van der Waals surface area contributed by atoms with Crippen molar-refractivity contribution in [3.8, 4) is 0 Å². The fourth-order valence-corrected chi connectivity index (χ4v) is 3.19. The van der Waals surface area contributed by atoms with Gasteiger partial charge in [-0.1, -0.05) is 19.1 Å². The number of urea groups is 1. The normalized spacial score (nSPS) is 17.4. The number of carbonyl (C=O) groups is 1. The molecule has 2 amide bonds. The first-order chi connectivity index (χ1) is 12.2. The van der Waals surface area contributed by atoms with Crippen molar-refractivity contribution in [2.75, 3.05) is 30.8 Å². The molecule has 5 nitrogen and oxygen atoms in total. The number of nitrogens with one attached hydrogen (secondary N) is 1. The highest BCUT2D eigenvalue weighted by atomic mass is 32.2. The number of thioether (sulfide) groups is 1. The number of morpholine rings is 1. The summed E-state index contributed by atoms with van der Waals surface area (Å²) >= 11 is 1.65. The Morgan fingerprint density at radius 3 is 2.84 bits per heavy atom. The molecular weight excluding hydrogens is 341 g/mol. The van der Waals surface area contributed by atoms with E-state index in [0.29, 0.717) is 25.4 Å². The van der Waals surface area contributed by atoms with E-state index in [-0.39, 0.29) is 18.0 Å². The molecule has 1 atom stereocenters. The highest BCUT2D eigenvalue weighted by Crippen LogP contribution is 2.23. The number of halogens is 1. The summed E-state index contributed by atoms with van der Waals surface area (Å²) in [6, 6.07) is 9.74. The number of nitrogens with zero attached hydrogens (tertiary/aromatic N) is 2. The molecule has 1 aliphatic rings. The molecular formula is C18H20FN3O2S. The largest absolute Gasteiger partial charge is 0.370 e. The number of anilines is 1. The molecule has 25 heavy (non-hydrogen) atoms. The third-order valence-electron chi connectivity index (χ3n) is 3.88. The minimum atomic E-state index is -0.286. The van der Waals surface area contributed by atoms with E-state index >= 15 is 0 Å². The quantitative estimate of drug-likeness (QED) is 0.838. The minimum Gasteiger partial charge on any atom is -0.370 e. The van der Waals surface area contributed by atoms with Gasteiger partial charge in [-0.15, -0.1) is 11.8 Å². The molecule has 1 fully saturated rings. The molecule has 0 aliphatic carbocycles. The van der Waals surface area contributed by atoms with Crippen LogP contribution in [0.1, 0.15) is 18.6 Å². The second-order valence-corrected chi connectivity index (χ2v) is 6.89. The highest BCUT2D eigenvalue weighted by molar-refractivity contribution is 7.99. The maximum Gasteiger partial charge on any atom is 0.322 e. The van der Waals surface area contributed by atoms with Crippen molar-refractivity contribution in [1.82, 2.24) is 9.88 Å². The predicted molar refractivity (Wildman–Crippen MR) is 96.3 cm³/mol. The number of hydrogen-bond acceptors (Lipinski definition) is 4. The van der Waals surface area contributed by atoms with Crippen LogP contribution >= 0.6 is 11.8 Å². The fraction of sp³-hybridized carbons (Fsp3) is 0.333. The van der Waals surface area contributed by atoms with Gasteiger partial charge in [0.25, 0.3) is 0 Å². The molecule has 1 unspecified atom stereocenters. The zero-order valence-corrected chi connectivity index (χ0v) is 14.8. The monoisotopic (exact) mass is 361 g/mol. The zero-order chi connectivity index (χ0) is 17.6. The molecule has 1 aromatic carbocycles. The Hall–Kier alpha value is -2.12. The molecule has 1 N–H and O–H groups in total. The standard InChI is InChI=1S/C18H20FN3O2S/c1-2-25-17-8-7-15(11-20-17)21-18(23)22-9-10-24-16(12-22)13-3-5-14(19)6-4-13/h3-8,11,16H,2,9-10,12H2,1H3,(H,21,23). The van der Waals surface area contributed by atoms with Crippen LogP contribution in [0.5, 0.6) is 0 Å². The zero-order valence-electron chi connectivity index (χ0n) is 13.9. The van der Waals surface area contributed by atoms with Crippen molar-refractivity contribution in [2.45, 2.75) is 18.1 Å². The molecule has 2 aromatic rings. The summed E-state index contributed by atoms with van der Waals surface area (Å²) in [5.74, 6) is 0.670. The molecule has 1 saturated heterocycles. The number of hydrogen-bond donors (Lipinski definition) is 1. The van der Waals surface area contributed by atoms with Gasteiger partial charge < -0.3 is 15.0 Å². The number of benzene rings is 1. The summed E-state index contributed by atoms with van der Waals surface area (Å²) in [6.45, 7) is 3.45. The summed E-state index contributed by atoms with van der Waals surface area (Å²) in [4.78, 5) is 18.5. The van der Waals surface area contributed by atoms with Crippen LogP contribution in [0.3, 0.4) is 0 Å². The van der Waals surface area contributed by atoms with E-state index in [1.165, 1.54) is 12.1 Å². The van der Waals surface area contributed by atoms with Gasteiger partial charge in [0, 0.05) is 6.54 Å². The molecule has 0 saturated carbocycles. The van der Waals surface area contributed by atoms with Crippen LogP contribution in [0.15, 0.2) is 47.6 Å². The van der Waals surface area contributed by atoms with Gasteiger partial charge in [0.1, 0.15) is 11.9 Å². The minimum absolute atomic E-state index is 0.187. The van der Waals surface area contributed by atoms with E-state index in [9.17, 15) is 9.18 Å². The topological polar surface area (TPSA) is 54.5 Å². The van der Waals surface area contributed by atoms with Gasteiger partial charge in [-0.05, 0) is 35.6 Å². The predicted octanol–water partition coefficient (Wildman–Crippen LogP) is 3.94. The molecule has 1 aromatic heterocycles. The first kappa shape index (κ1) is 17.7. The highest BCUT2D eigenvalue weighted by Gasteiger charge is 2.25. The third-order valence-corrected chi connectivity index (χ3v) is 4.70. The van der Waals surface area contributed by atoms with Gasteiger partial charge in [0.2, 0.25) is 0 Å². The van der Waals surface area contributed by atoms with E-state index in [4.69, 9.17) is 4.74 Å². The molecule has 3 rings (SSSR count). The van der Waals surface area contributed by atoms with E-state index in [2.05, 4.69) is 17.2 Å². The average Bonchev–Trinajstić information content (AvgIpc) is 2.64. The molecule has 0 radical (unpaired) electrons. The number of ether oxygens (including phenoxy) is 1. The summed E-state index contributed by atoms with van der Waals surface area (Å²) in [5.41, 5.74) is 1.52. The Morgan fingerprint density at radius 1 is 1.36 bits per heavy atom. The van der Waals surface area contributed by atoms with Crippen LogP contribution in [-0.2, 0) is 4.74 Å². The van der Waals surface area contributed by atoms with Crippen LogP contribution in [0, 0.1) is 5.82 Å². The molecule has 1 aliphatic heterocycles. The number of amides is 2. The second-order valence-electron chi connectivity index (χ2n) is 5.61. The van der Waals surface area contributed by atoms with Crippen molar-refractivity contribution in [2.24, 2.45) is 0 Å². The average molecular weight is 361 g/mol. The lowest BCUT2D eigenvalue weighted by atomic mass is 10.1. The lowest BCUT2D eigenvalue weighted by Gasteiger charge is -2.33. The molecule has 0 spiro atoms. The fourth-order valence-electron chi connectivity index (χ4n) is 2.60. The Bertz CT molecular complexity index is 709. The van der Waals surface area contributed by atoms with Crippen LogP contribution in [-0.4, -0.2) is 41.4 Å². The first-order valence-corrected chi connectivity index (χ1v) is 9.16. The summed E-state index contributed by atoms with van der Waals surface area (Å²) in [6.07, 6.45) is 1.41. The van der Waals surface area contributed by atoms with Crippen molar-refractivity contribution in [1.29, 1.82) is 0 Å². The second kappa shape index (κ2) is 8.31. The number of rotatable bonds is 4. The summed E-state index contributed by atoms with van der Waals surface area (Å²) in [5, 5.41) is 3.80. The van der Waals surface area contributed by atoms with Crippen molar-refractivity contribution < 1.29 is 13.9 Å². The number of carbonyl (C=O) groups excluding carboxylic acids is 1. The summed E-state index contributed by atoms with van der Waals surface area (Å²) < 4.78 is 18.8. The van der Waals surface area contributed by atoms with Gasteiger partial charge in [0.05, 0.1) is 30.1 Å². The van der Waals surface area contributed by atoms with Gasteiger partial charge >= 0.3 is 6.03 Å². The van der Waals surface area contributed by atoms with E-state index in [1.807, 2.05) is 12.1 Å². The number of aromatic nitrogens is 1. The third kappa shape index (κ3) is 4.70. The number of pyridine rings is 1. The summed E-state index contributed by atoms with van der Waals surface area (Å²) in [7, 11) is 0. The van der Waals surface area contributed by atoms with Crippen molar-refractivity contribution in [3.05, 3.63) is 54.0 Å². The molecule has 2 heterocycles. The molecule has 7 heteroatoms. The van der Waals surface area contributed by atoms with Gasteiger partial charge in [-0.3, -0.25) is 0 Å². The van der Waals surface area contributed by atoms with Crippen molar-refractivity contribution >= 4 is 23.5 Å². The van der Waals surface area contributed by atoms with Gasteiger partial charge in [-0.2, -0.15) is 0 Å². The van der Waals surface area contributed by atoms with Crippen LogP contribution in [0.25, 0.3) is 0 Å². The Morgan fingerprint density at radius 2 is 2.16 bits per heavy atom. The van der Waals surface area contributed by atoms with Crippen LogP contribution in [0.2, 0.25) is 0 Å². The van der Waals surface area contributed by atoms with Gasteiger partial charge in [0.15, 0.2) is 0 Å². The maximum atomic E-state index is 13.1. The Balaban J connectivity index is 1.60.